The molecule has 0 aliphatic carbocycles. The van der Waals surface area contributed by atoms with E-state index in [4.69, 9.17) is 10.00 Å². The summed E-state index contributed by atoms with van der Waals surface area (Å²) in [5.41, 5.74) is 0.497. The highest BCUT2D eigenvalue weighted by Crippen LogP contribution is 2.14. The molecule has 0 aromatic carbocycles. The summed E-state index contributed by atoms with van der Waals surface area (Å²) < 4.78 is 5.31. The second-order valence-corrected chi connectivity index (χ2v) is 3.59. The van der Waals surface area contributed by atoms with Gasteiger partial charge in [0.25, 0.3) is 0 Å². The van der Waals surface area contributed by atoms with Gasteiger partial charge >= 0.3 is 0 Å². The Morgan fingerprint density at radius 1 is 1.62 bits per heavy atom. The number of anilines is 1. The molecule has 1 aliphatic heterocycles. The Kier molecular flexibility index (Phi) is 3.29. The average molecular weight is 219 g/mol. The van der Waals surface area contributed by atoms with Gasteiger partial charge in [-0.3, -0.25) is 0 Å². The Bertz CT molecular complexity index is 402. The summed E-state index contributed by atoms with van der Waals surface area (Å²) >= 11 is 0. The molecule has 2 rings (SSSR count). The first-order valence-corrected chi connectivity index (χ1v) is 5.07. The molecule has 2 N–H and O–H groups in total. The smallest absolute Gasteiger partial charge is 0.166 e. The fourth-order valence-electron chi connectivity index (χ4n) is 1.75. The van der Waals surface area contributed by atoms with Crippen LogP contribution in [-0.4, -0.2) is 42.5 Å². The molecule has 1 aliphatic rings. The first kappa shape index (κ1) is 10.8. The van der Waals surface area contributed by atoms with Gasteiger partial charge in [-0.1, -0.05) is 0 Å². The van der Waals surface area contributed by atoms with Crippen molar-refractivity contribution in [2.24, 2.45) is 0 Å². The predicted octanol–water partition coefficient (Wildman–Crippen LogP) is -0.253. The number of aromatic nitrogens is 2. The number of hydrogen-bond donors (Lipinski definition) is 2. The second kappa shape index (κ2) is 4.88. The zero-order chi connectivity index (χ0) is 11.4. The van der Waals surface area contributed by atoms with Crippen LogP contribution >= 0.6 is 0 Å². The predicted molar refractivity (Wildman–Crippen MR) is 57.8 cm³/mol. The molecular formula is C10H13N5O. The van der Waals surface area contributed by atoms with Crippen molar-refractivity contribution in [3.05, 3.63) is 17.8 Å². The fourth-order valence-corrected chi connectivity index (χ4v) is 1.75. The molecule has 0 amide bonds. The summed E-state index contributed by atoms with van der Waals surface area (Å²) in [5.74, 6) is 0.515. The molecule has 0 bridgehead atoms. The van der Waals surface area contributed by atoms with E-state index in [1.807, 2.05) is 0 Å². The largest absolute Gasteiger partial charge is 0.378 e. The number of ether oxygens (including phenoxy) is 1. The van der Waals surface area contributed by atoms with Crippen molar-refractivity contribution < 1.29 is 4.74 Å². The molecule has 1 unspecified atom stereocenters. The normalized spacial score (nSPS) is 24.0. The lowest BCUT2D eigenvalue weighted by atomic mass is 10.2. The Hall–Kier alpha value is -1.71. The molecule has 1 aromatic heterocycles. The Morgan fingerprint density at radius 3 is 3.25 bits per heavy atom. The molecule has 2 atom stereocenters. The third-order valence-corrected chi connectivity index (χ3v) is 2.62. The Balaban J connectivity index is 2.12. The SMILES string of the molecule is CO[C@H]1CNCC1Nc1nnccc1C#N. The first-order chi connectivity index (χ1) is 7.85. The maximum atomic E-state index is 8.91. The molecule has 1 aromatic rings. The zero-order valence-electron chi connectivity index (χ0n) is 8.97. The van der Waals surface area contributed by atoms with Gasteiger partial charge < -0.3 is 15.4 Å². The maximum absolute atomic E-state index is 8.91. The summed E-state index contributed by atoms with van der Waals surface area (Å²) in [6, 6.07) is 3.83. The van der Waals surface area contributed by atoms with Gasteiger partial charge in [-0.25, -0.2) is 0 Å². The van der Waals surface area contributed by atoms with E-state index in [-0.39, 0.29) is 12.1 Å². The van der Waals surface area contributed by atoms with E-state index in [9.17, 15) is 0 Å². The zero-order valence-corrected chi connectivity index (χ0v) is 8.97. The summed E-state index contributed by atoms with van der Waals surface area (Å²) in [5, 5.41) is 23.0. The van der Waals surface area contributed by atoms with Crippen LogP contribution in [0, 0.1) is 11.3 Å². The lowest BCUT2D eigenvalue weighted by molar-refractivity contribution is 0.111. The Labute approximate surface area is 93.6 Å². The van der Waals surface area contributed by atoms with Crippen LogP contribution in [0.2, 0.25) is 0 Å². The monoisotopic (exact) mass is 219 g/mol. The molecule has 0 radical (unpaired) electrons. The number of methoxy groups -OCH3 is 1. The number of hydrogen-bond acceptors (Lipinski definition) is 6. The van der Waals surface area contributed by atoms with E-state index in [0.717, 1.165) is 13.1 Å². The molecule has 1 fully saturated rings. The lowest BCUT2D eigenvalue weighted by Crippen LogP contribution is -2.34. The molecular weight excluding hydrogens is 206 g/mol. The van der Waals surface area contributed by atoms with Gasteiger partial charge in [0.05, 0.1) is 23.9 Å². The average Bonchev–Trinajstić information content (AvgIpc) is 2.77. The van der Waals surface area contributed by atoms with Crippen molar-refractivity contribution in [1.29, 1.82) is 5.26 Å². The van der Waals surface area contributed by atoms with E-state index >= 15 is 0 Å². The molecule has 1 saturated heterocycles. The number of nitriles is 1. The number of nitrogens with one attached hydrogen (secondary N) is 2. The first-order valence-electron chi connectivity index (χ1n) is 5.07. The van der Waals surface area contributed by atoms with Crippen molar-refractivity contribution in [3.8, 4) is 6.07 Å². The second-order valence-electron chi connectivity index (χ2n) is 3.59. The van der Waals surface area contributed by atoms with Crippen LogP contribution in [0.25, 0.3) is 0 Å². The van der Waals surface area contributed by atoms with Gasteiger partial charge in [0.15, 0.2) is 5.82 Å². The topological polar surface area (TPSA) is 82.9 Å². The van der Waals surface area contributed by atoms with Crippen molar-refractivity contribution in [2.75, 3.05) is 25.5 Å². The molecule has 0 spiro atoms. The quantitative estimate of drug-likeness (QED) is 0.729. The number of nitrogens with zero attached hydrogens (tertiary/aromatic N) is 3. The lowest BCUT2D eigenvalue weighted by Gasteiger charge is -2.19. The van der Waals surface area contributed by atoms with Crippen LogP contribution in [0.4, 0.5) is 5.82 Å². The summed E-state index contributed by atoms with van der Waals surface area (Å²) in [4.78, 5) is 0. The van der Waals surface area contributed by atoms with E-state index in [0.29, 0.717) is 11.4 Å². The van der Waals surface area contributed by atoms with Gasteiger partial charge in [-0.2, -0.15) is 10.4 Å². The van der Waals surface area contributed by atoms with Gasteiger partial charge in [-0.15, -0.1) is 5.10 Å². The molecule has 16 heavy (non-hydrogen) atoms. The van der Waals surface area contributed by atoms with Crippen molar-refractivity contribution in [2.45, 2.75) is 12.1 Å². The van der Waals surface area contributed by atoms with Crippen LogP contribution in [0.5, 0.6) is 0 Å². The third kappa shape index (κ3) is 2.10. The minimum Gasteiger partial charge on any atom is -0.378 e. The summed E-state index contributed by atoms with van der Waals surface area (Å²) in [7, 11) is 1.67. The van der Waals surface area contributed by atoms with Gasteiger partial charge in [0, 0.05) is 20.2 Å². The van der Waals surface area contributed by atoms with E-state index in [1.165, 1.54) is 6.20 Å². The van der Waals surface area contributed by atoms with Crippen LogP contribution in [0.1, 0.15) is 5.56 Å². The standard InChI is InChI=1S/C10H13N5O/c1-16-9-6-12-5-8(9)14-10-7(4-11)2-3-13-15-10/h2-3,8-9,12H,5-6H2,1H3,(H,14,15)/t8?,9-/m0/s1. The fraction of sp³-hybridized carbons (Fsp3) is 0.500. The number of rotatable bonds is 3. The van der Waals surface area contributed by atoms with Crippen LogP contribution in [0.3, 0.4) is 0 Å². The van der Waals surface area contributed by atoms with Crippen LogP contribution in [0.15, 0.2) is 12.3 Å². The molecule has 2 heterocycles. The van der Waals surface area contributed by atoms with E-state index < -0.39 is 0 Å². The van der Waals surface area contributed by atoms with Crippen molar-refractivity contribution >= 4 is 5.82 Å². The summed E-state index contributed by atoms with van der Waals surface area (Å²) in [6.45, 7) is 1.59. The molecule has 6 heteroatoms. The highest BCUT2D eigenvalue weighted by Gasteiger charge is 2.27. The summed E-state index contributed by atoms with van der Waals surface area (Å²) in [6.07, 6.45) is 1.60. The molecule has 84 valence electrons. The minimum absolute atomic E-state index is 0.0912. The van der Waals surface area contributed by atoms with E-state index in [2.05, 4.69) is 26.9 Å². The molecule has 6 nitrogen and oxygen atoms in total. The minimum atomic E-state index is 0.0912. The highest BCUT2D eigenvalue weighted by molar-refractivity contribution is 5.51. The highest BCUT2D eigenvalue weighted by atomic mass is 16.5. The maximum Gasteiger partial charge on any atom is 0.166 e. The van der Waals surface area contributed by atoms with Gasteiger partial charge in [-0.05, 0) is 6.07 Å². The van der Waals surface area contributed by atoms with Crippen LogP contribution < -0.4 is 10.6 Å². The molecule has 0 saturated carbocycles. The van der Waals surface area contributed by atoms with Crippen molar-refractivity contribution in [1.82, 2.24) is 15.5 Å². The van der Waals surface area contributed by atoms with Gasteiger partial charge in [0.2, 0.25) is 0 Å². The van der Waals surface area contributed by atoms with E-state index in [1.54, 1.807) is 13.2 Å². The van der Waals surface area contributed by atoms with Crippen LogP contribution in [-0.2, 0) is 4.74 Å². The third-order valence-electron chi connectivity index (χ3n) is 2.62. The van der Waals surface area contributed by atoms with Gasteiger partial charge in [0.1, 0.15) is 6.07 Å². The Morgan fingerprint density at radius 2 is 2.50 bits per heavy atom. The van der Waals surface area contributed by atoms with Crippen molar-refractivity contribution in [3.63, 3.8) is 0 Å².